The molecule has 0 aliphatic heterocycles. The number of carbonyl (C=O) groups excluding carboxylic acids is 1. The number of alkyl halides is 2. The summed E-state index contributed by atoms with van der Waals surface area (Å²) in [6.45, 7) is 0. The van der Waals surface area contributed by atoms with Crippen molar-refractivity contribution in [2.75, 3.05) is 7.11 Å². The Balaban J connectivity index is 3.46. The number of rotatable bonds is 3. The Morgan fingerprint density at radius 3 is 2.65 bits per heavy atom. The number of hydrogen-bond donors (Lipinski definition) is 0. The number of methoxy groups -OCH3 is 1. The van der Waals surface area contributed by atoms with Crippen LogP contribution in [0, 0.1) is 10.1 Å². The van der Waals surface area contributed by atoms with Gasteiger partial charge in [-0.3, -0.25) is 0 Å². The molecule has 0 N–H and O–H groups in total. The van der Waals surface area contributed by atoms with E-state index in [0.29, 0.717) is 0 Å². The van der Waals surface area contributed by atoms with Crippen molar-refractivity contribution < 1.29 is 23.2 Å². The molecule has 0 bridgehead atoms. The summed E-state index contributed by atoms with van der Waals surface area (Å²) in [5.74, 6) is -2.16. The zero-order chi connectivity index (χ0) is 13.2. The first-order valence-electron chi connectivity index (χ1n) is 4.09. The highest BCUT2D eigenvalue weighted by molar-refractivity contribution is 6.32. The molecular weight excluding hydrogens is 262 g/mol. The number of carbonyl (C=O) groups is 1. The van der Waals surface area contributed by atoms with Crippen molar-refractivity contribution in [3.05, 3.63) is 32.5 Å². The number of aromatic nitrogens is 1. The Hall–Kier alpha value is -1.83. The number of esters is 1. The maximum absolute atomic E-state index is 12.5. The minimum atomic E-state index is -3.16. The molecule has 9 heteroatoms. The molecule has 1 heterocycles. The van der Waals surface area contributed by atoms with E-state index in [9.17, 15) is 23.7 Å². The topological polar surface area (TPSA) is 82.3 Å². The average Bonchev–Trinajstić information content (AvgIpc) is 2.26. The fourth-order valence-electron chi connectivity index (χ4n) is 1.06. The molecule has 1 aromatic heterocycles. The van der Waals surface area contributed by atoms with E-state index in [0.717, 1.165) is 13.2 Å². The second-order valence-corrected chi connectivity index (χ2v) is 3.18. The monoisotopic (exact) mass is 266 g/mol. The van der Waals surface area contributed by atoms with E-state index in [1.807, 2.05) is 0 Å². The molecule has 0 amide bonds. The number of ether oxygens (including phenoxy) is 1. The van der Waals surface area contributed by atoms with Gasteiger partial charge in [-0.05, 0) is 9.91 Å². The largest absolute Gasteiger partial charge is 0.463 e. The summed E-state index contributed by atoms with van der Waals surface area (Å²) in [7, 11) is 1.02. The second kappa shape index (κ2) is 5.00. The molecule has 1 aromatic rings. The lowest BCUT2D eigenvalue weighted by Crippen LogP contribution is -2.09. The van der Waals surface area contributed by atoms with Gasteiger partial charge in [0, 0.05) is 6.07 Å². The van der Waals surface area contributed by atoms with Crippen molar-refractivity contribution in [1.82, 2.24) is 4.98 Å². The molecule has 0 atom stereocenters. The lowest BCUT2D eigenvalue weighted by atomic mass is 10.2. The Morgan fingerprint density at radius 1 is 1.65 bits per heavy atom. The van der Waals surface area contributed by atoms with Crippen LogP contribution < -0.4 is 0 Å². The molecule has 17 heavy (non-hydrogen) atoms. The summed E-state index contributed by atoms with van der Waals surface area (Å²) in [5.41, 5.74) is -1.53. The number of nitro groups is 1. The van der Waals surface area contributed by atoms with Gasteiger partial charge in [-0.25, -0.2) is 13.6 Å². The first-order chi connectivity index (χ1) is 7.88. The maximum atomic E-state index is 12.5. The molecular formula is C8H5ClF2N2O4. The van der Waals surface area contributed by atoms with Crippen LogP contribution in [-0.4, -0.2) is 23.0 Å². The molecule has 0 aromatic carbocycles. The van der Waals surface area contributed by atoms with Crippen molar-refractivity contribution in [2.24, 2.45) is 0 Å². The quantitative estimate of drug-likeness (QED) is 0.476. The van der Waals surface area contributed by atoms with Crippen LogP contribution >= 0.6 is 11.6 Å². The van der Waals surface area contributed by atoms with Crippen molar-refractivity contribution in [2.45, 2.75) is 6.43 Å². The van der Waals surface area contributed by atoms with Gasteiger partial charge in [0.1, 0.15) is 5.56 Å². The van der Waals surface area contributed by atoms with E-state index >= 15 is 0 Å². The van der Waals surface area contributed by atoms with Crippen molar-refractivity contribution in [3.63, 3.8) is 0 Å². The number of nitrogens with zero attached hydrogens (tertiary/aromatic N) is 2. The molecule has 0 saturated heterocycles. The third-order valence-corrected chi connectivity index (χ3v) is 2.09. The van der Waals surface area contributed by atoms with Crippen LogP contribution in [0.2, 0.25) is 5.02 Å². The molecule has 0 aliphatic rings. The van der Waals surface area contributed by atoms with Gasteiger partial charge in [0.2, 0.25) is 0 Å². The van der Waals surface area contributed by atoms with Crippen molar-refractivity contribution in [3.8, 4) is 0 Å². The molecule has 0 unspecified atom stereocenters. The van der Waals surface area contributed by atoms with Gasteiger partial charge in [-0.2, -0.15) is 0 Å². The Labute approximate surface area is 98.3 Å². The van der Waals surface area contributed by atoms with Crippen LogP contribution in [0.25, 0.3) is 0 Å². The summed E-state index contributed by atoms with van der Waals surface area (Å²) < 4.78 is 29.3. The molecule has 0 saturated carbocycles. The Morgan fingerprint density at radius 2 is 2.24 bits per heavy atom. The van der Waals surface area contributed by atoms with Crippen LogP contribution in [0.15, 0.2) is 6.07 Å². The van der Waals surface area contributed by atoms with Crippen LogP contribution in [0.1, 0.15) is 22.5 Å². The van der Waals surface area contributed by atoms with Gasteiger partial charge in [0.25, 0.3) is 12.1 Å². The molecule has 92 valence electrons. The first-order valence-corrected chi connectivity index (χ1v) is 4.47. The summed E-state index contributed by atoms with van der Waals surface area (Å²) >= 11 is 5.44. The molecule has 1 rings (SSSR count). The summed E-state index contributed by atoms with van der Waals surface area (Å²) in [5, 5.41) is 9.93. The molecule has 0 spiro atoms. The van der Waals surface area contributed by atoms with Gasteiger partial charge >= 0.3 is 11.8 Å². The summed E-state index contributed by atoms with van der Waals surface area (Å²) in [6, 6.07) is 0.794. The minimum absolute atomic E-state index is 0.506. The molecule has 0 aliphatic carbocycles. The fourth-order valence-corrected chi connectivity index (χ4v) is 1.33. The molecule has 6 nitrogen and oxygen atoms in total. The van der Waals surface area contributed by atoms with Gasteiger partial charge in [-0.15, -0.1) is 0 Å². The third-order valence-electron chi connectivity index (χ3n) is 1.77. The van der Waals surface area contributed by atoms with E-state index < -0.39 is 39.4 Å². The highest BCUT2D eigenvalue weighted by Crippen LogP contribution is 2.34. The zero-order valence-corrected chi connectivity index (χ0v) is 9.07. The van der Waals surface area contributed by atoms with E-state index in [4.69, 9.17) is 11.6 Å². The minimum Gasteiger partial charge on any atom is -0.463 e. The predicted octanol–water partition coefficient (Wildman–Crippen LogP) is 2.37. The molecule has 0 radical (unpaired) electrons. The Bertz CT molecular complexity index is 481. The maximum Gasteiger partial charge on any atom is 0.382 e. The average molecular weight is 267 g/mol. The van der Waals surface area contributed by atoms with Gasteiger partial charge in [-0.1, -0.05) is 11.6 Å². The summed E-state index contributed by atoms with van der Waals surface area (Å²) in [4.78, 5) is 23.7. The lowest BCUT2D eigenvalue weighted by Gasteiger charge is -2.04. The number of pyridine rings is 1. The van der Waals surface area contributed by atoms with Crippen molar-refractivity contribution in [1.29, 1.82) is 0 Å². The second-order valence-electron chi connectivity index (χ2n) is 2.78. The highest BCUT2D eigenvalue weighted by Gasteiger charge is 2.30. The van der Waals surface area contributed by atoms with Gasteiger partial charge in [0.05, 0.1) is 12.1 Å². The normalized spacial score (nSPS) is 10.4. The zero-order valence-electron chi connectivity index (χ0n) is 8.32. The Kier molecular flexibility index (Phi) is 3.89. The van der Waals surface area contributed by atoms with Crippen LogP contribution in [-0.2, 0) is 4.74 Å². The first kappa shape index (κ1) is 13.2. The van der Waals surface area contributed by atoms with Gasteiger partial charge in [0.15, 0.2) is 0 Å². The van der Waals surface area contributed by atoms with Crippen LogP contribution in [0.3, 0.4) is 0 Å². The number of halogens is 3. The predicted molar refractivity (Wildman–Crippen MR) is 52.2 cm³/mol. The van der Waals surface area contributed by atoms with E-state index in [-0.39, 0.29) is 0 Å². The molecule has 0 fully saturated rings. The summed E-state index contributed by atoms with van der Waals surface area (Å²) in [6.07, 6.45) is -3.16. The smallest absolute Gasteiger partial charge is 0.382 e. The SMILES string of the molecule is COC(=O)c1cc(Cl)c(C(F)F)c([N+](=O)[O-])n1. The van der Waals surface area contributed by atoms with Crippen LogP contribution in [0.4, 0.5) is 14.6 Å². The highest BCUT2D eigenvalue weighted by atomic mass is 35.5. The number of hydrogen-bond acceptors (Lipinski definition) is 5. The standard InChI is InChI=1S/C8H5ClF2N2O4/c1-17-8(14)4-2-3(9)5(6(10)11)7(12-4)13(15)16/h2,6H,1H3. The van der Waals surface area contributed by atoms with E-state index in [2.05, 4.69) is 9.72 Å². The fraction of sp³-hybridized carbons (Fsp3) is 0.250. The van der Waals surface area contributed by atoms with E-state index in [1.165, 1.54) is 0 Å². The lowest BCUT2D eigenvalue weighted by molar-refractivity contribution is -0.391. The third kappa shape index (κ3) is 2.64. The van der Waals surface area contributed by atoms with E-state index in [1.54, 1.807) is 0 Å². The van der Waals surface area contributed by atoms with Crippen LogP contribution in [0.5, 0.6) is 0 Å². The van der Waals surface area contributed by atoms with Gasteiger partial charge < -0.3 is 14.9 Å². The van der Waals surface area contributed by atoms with Crippen molar-refractivity contribution >= 4 is 23.4 Å².